The van der Waals surface area contributed by atoms with Crippen LogP contribution in [0.2, 0.25) is 0 Å². The monoisotopic (exact) mass is 337 g/mol. The number of amides is 1. The predicted molar refractivity (Wildman–Crippen MR) is 97.7 cm³/mol. The second kappa shape index (κ2) is 8.36. The second-order valence-electron chi connectivity index (χ2n) is 5.26. The first kappa shape index (κ1) is 16.3. The smallest absolute Gasteiger partial charge is 0.269 e. The molecule has 4 nitrogen and oxygen atoms in total. The first-order valence-corrected chi connectivity index (χ1v) is 8.87. The molecule has 5 heteroatoms. The van der Waals surface area contributed by atoms with E-state index in [1.165, 1.54) is 4.90 Å². The van der Waals surface area contributed by atoms with Gasteiger partial charge in [0.2, 0.25) is 0 Å². The van der Waals surface area contributed by atoms with Crippen LogP contribution < -0.4 is 5.32 Å². The lowest BCUT2D eigenvalue weighted by Gasteiger charge is -2.08. The summed E-state index contributed by atoms with van der Waals surface area (Å²) in [5.41, 5.74) is 1.48. The van der Waals surface area contributed by atoms with Gasteiger partial charge >= 0.3 is 0 Å². The number of imidazole rings is 1. The maximum absolute atomic E-state index is 12.4. The molecule has 122 valence electrons. The van der Waals surface area contributed by atoms with Crippen LogP contribution in [0.25, 0.3) is 5.69 Å². The van der Waals surface area contributed by atoms with E-state index in [1.54, 1.807) is 28.9 Å². The van der Waals surface area contributed by atoms with Gasteiger partial charge in [0.25, 0.3) is 5.91 Å². The summed E-state index contributed by atoms with van der Waals surface area (Å²) in [5.74, 6) is 0.878. The van der Waals surface area contributed by atoms with Crippen LogP contribution in [0, 0.1) is 0 Å². The zero-order valence-corrected chi connectivity index (χ0v) is 14.1. The number of carbonyl (C=O) groups excluding carboxylic acids is 1. The van der Waals surface area contributed by atoms with E-state index in [4.69, 9.17) is 0 Å². The molecule has 0 atom stereocenters. The van der Waals surface area contributed by atoms with Gasteiger partial charge in [0.1, 0.15) is 5.69 Å². The van der Waals surface area contributed by atoms with E-state index in [2.05, 4.69) is 22.4 Å². The average molecular weight is 337 g/mol. The third-order valence-corrected chi connectivity index (χ3v) is 4.62. The summed E-state index contributed by atoms with van der Waals surface area (Å²) in [6, 6.07) is 20.0. The van der Waals surface area contributed by atoms with Crippen LogP contribution in [-0.4, -0.2) is 27.8 Å². The van der Waals surface area contributed by atoms with Crippen LogP contribution in [0.15, 0.2) is 78.1 Å². The van der Waals surface area contributed by atoms with Gasteiger partial charge in [0.15, 0.2) is 0 Å². The molecule has 1 aromatic heterocycles. The minimum atomic E-state index is -0.0962. The van der Waals surface area contributed by atoms with Gasteiger partial charge < -0.3 is 5.32 Å². The average Bonchev–Trinajstić information content (AvgIpc) is 3.13. The third kappa shape index (κ3) is 4.26. The molecule has 0 fully saturated rings. The second-order valence-corrected chi connectivity index (χ2v) is 6.42. The molecule has 0 aliphatic heterocycles. The van der Waals surface area contributed by atoms with Gasteiger partial charge in [-0.1, -0.05) is 36.4 Å². The Labute approximate surface area is 145 Å². The van der Waals surface area contributed by atoms with E-state index in [0.29, 0.717) is 12.2 Å². The summed E-state index contributed by atoms with van der Waals surface area (Å²) in [4.78, 5) is 17.7. The molecule has 3 aromatic rings. The zero-order chi connectivity index (χ0) is 16.6. The summed E-state index contributed by atoms with van der Waals surface area (Å²) in [6.45, 7) is 0.651. The quantitative estimate of drug-likeness (QED) is 0.527. The van der Waals surface area contributed by atoms with Gasteiger partial charge in [-0.05, 0) is 36.4 Å². The number of thioether (sulfide) groups is 1. The van der Waals surface area contributed by atoms with E-state index in [9.17, 15) is 4.79 Å². The SMILES string of the molecule is O=C(NCCCSc1ccccc1)c1cncn1-c1ccccc1. The Morgan fingerprint density at radius 1 is 1.04 bits per heavy atom. The fourth-order valence-electron chi connectivity index (χ4n) is 2.33. The number of aromatic nitrogens is 2. The molecule has 0 bridgehead atoms. The Bertz CT molecular complexity index is 772. The number of rotatable bonds is 7. The maximum Gasteiger partial charge on any atom is 0.269 e. The van der Waals surface area contributed by atoms with Crippen molar-refractivity contribution in [2.45, 2.75) is 11.3 Å². The van der Waals surface area contributed by atoms with Crippen LogP contribution in [0.1, 0.15) is 16.9 Å². The molecular weight excluding hydrogens is 318 g/mol. The van der Waals surface area contributed by atoms with Crippen molar-refractivity contribution >= 4 is 17.7 Å². The number of nitrogens with one attached hydrogen (secondary N) is 1. The van der Waals surface area contributed by atoms with Gasteiger partial charge in [-0.25, -0.2) is 4.98 Å². The predicted octanol–water partition coefficient (Wildman–Crippen LogP) is 3.78. The van der Waals surface area contributed by atoms with E-state index >= 15 is 0 Å². The highest BCUT2D eigenvalue weighted by Crippen LogP contribution is 2.17. The topological polar surface area (TPSA) is 46.9 Å². The standard InChI is InChI=1S/C19H19N3OS/c23-19(21-12-7-13-24-17-10-5-2-6-11-17)18-14-20-15-22(18)16-8-3-1-4-9-16/h1-6,8-11,14-15H,7,12-13H2,(H,21,23). The summed E-state index contributed by atoms with van der Waals surface area (Å²) in [6.07, 6.45) is 4.18. The van der Waals surface area contributed by atoms with Gasteiger partial charge in [0.05, 0.1) is 12.5 Å². The number of hydrogen-bond acceptors (Lipinski definition) is 3. The Hall–Kier alpha value is -2.53. The van der Waals surface area contributed by atoms with Crippen LogP contribution in [-0.2, 0) is 0 Å². The highest BCUT2D eigenvalue weighted by atomic mass is 32.2. The first-order valence-electron chi connectivity index (χ1n) is 7.88. The van der Waals surface area contributed by atoms with E-state index in [-0.39, 0.29) is 5.91 Å². The van der Waals surface area contributed by atoms with Crippen molar-refractivity contribution in [3.63, 3.8) is 0 Å². The lowest BCUT2D eigenvalue weighted by atomic mass is 10.3. The summed E-state index contributed by atoms with van der Waals surface area (Å²) in [7, 11) is 0. The van der Waals surface area contributed by atoms with Crippen molar-refractivity contribution in [1.82, 2.24) is 14.9 Å². The Balaban J connectivity index is 1.49. The van der Waals surface area contributed by atoms with Crippen LogP contribution in [0.4, 0.5) is 0 Å². The molecule has 1 heterocycles. The maximum atomic E-state index is 12.4. The Kier molecular flexibility index (Phi) is 5.69. The van der Waals surface area contributed by atoms with E-state index in [1.807, 2.05) is 48.5 Å². The lowest BCUT2D eigenvalue weighted by Crippen LogP contribution is -2.26. The minimum absolute atomic E-state index is 0.0962. The van der Waals surface area contributed by atoms with Crippen LogP contribution >= 0.6 is 11.8 Å². The minimum Gasteiger partial charge on any atom is -0.351 e. The van der Waals surface area contributed by atoms with Crippen LogP contribution in [0.5, 0.6) is 0 Å². The summed E-state index contributed by atoms with van der Waals surface area (Å²) >= 11 is 1.80. The van der Waals surface area contributed by atoms with E-state index < -0.39 is 0 Å². The number of nitrogens with zero attached hydrogens (tertiary/aromatic N) is 2. The molecular formula is C19H19N3OS. The van der Waals surface area contributed by atoms with Crippen LogP contribution in [0.3, 0.4) is 0 Å². The van der Waals surface area contributed by atoms with Gasteiger partial charge in [-0.15, -0.1) is 11.8 Å². The third-order valence-electron chi connectivity index (χ3n) is 3.52. The summed E-state index contributed by atoms with van der Waals surface area (Å²) < 4.78 is 1.80. The number of para-hydroxylation sites is 1. The van der Waals surface area contributed by atoms with Crippen molar-refractivity contribution in [2.24, 2.45) is 0 Å². The first-order chi connectivity index (χ1) is 11.8. The molecule has 1 N–H and O–H groups in total. The van der Waals surface area contributed by atoms with Crippen molar-refractivity contribution in [3.05, 3.63) is 78.9 Å². The molecule has 2 aromatic carbocycles. The van der Waals surface area contributed by atoms with Crippen molar-refractivity contribution in [2.75, 3.05) is 12.3 Å². The largest absolute Gasteiger partial charge is 0.351 e. The normalized spacial score (nSPS) is 10.5. The van der Waals surface area contributed by atoms with Gasteiger partial charge in [-0.3, -0.25) is 9.36 Å². The van der Waals surface area contributed by atoms with Gasteiger partial charge in [0, 0.05) is 17.1 Å². The molecule has 3 rings (SSSR count). The lowest BCUT2D eigenvalue weighted by molar-refractivity contribution is 0.0947. The molecule has 24 heavy (non-hydrogen) atoms. The molecule has 0 unspecified atom stereocenters. The molecule has 0 saturated heterocycles. The van der Waals surface area contributed by atoms with Gasteiger partial charge in [-0.2, -0.15) is 0 Å². The highest BCUT2D eigenvalue weighted by molar-refractivity contribution is 7.99. The number of hydrogen-bond donors (Lipinski definition) is 1. The molecule has 0 spiro atoms. The fraction of sp³-hybridized carbons (Fsp3) is 0.158. The molecule has 0 aliphatic carbocycles. The number of carbonyl (C=O) groups is 1. The Morgan fingerprint density at radius 2 is 1.75 bits per heavy atom. The highest BCUT2D eigenvalue weighted by Gasteiger charge is 2.12. The van der Waals surface area contributed by atoms with Crippen molar-refractivity contribution < 1.29 is 4.79 Å². The summed E-state index contributed by atoms with van der Waals surface area (Å²) in [5, 5.41) is 2.97. The van der Waals surface area contributed by atoms with Crippen molar-refractivity contribution in [1.29, 1.82) is 0 Å². The Morgan fingerprint density at radius 3 is 2.50 bits per heavy atom. The van der Waals surface area contributed by atoms with Crippen molar-refractivity contribution in [3.8, 4) is 5.69 Å². The molecule has 1 amide bonds. The van der Waals surface area contributed by atoms with E-state index in [0.717, 1.165) is 17.9 Å². The zero-order valence-electron chi connectivity index (χ0n) is 13.3. The molecule has 0 saturated carbocycles. The number of benzene rings is 2. The molecule has 0 radical (unpaired) electrons. The molecule has 0 aliphatic rings. The fourth-order valence-corrected chi connectivity index (χ4v) is 3.20.